The Morgan fingerprint density at radius 1 is 1.37 bits per heavy atom. The van der Waals surface area contributed by atoms with E-state index in [2.05, 4.69) is 5.32 Å². The van der Waals surface area contributed by atoms with Gasteiger partial charge in [0.1, 0.15) is 5.75 Å². The van der Waals surface area contributed by atoms with Gasteiger partial charge < -0.3 is 15.8 Å². The molecular weight excluding hydrogens is 240 g/mol. The Kier molecular flexibility index (Phi) is 4.43. The second-order valence-corrected chi connectivity index (χ2v) is 5.20. The molecule has 1 aromatic carbocycles. The van der Waals surface area contributed by atoms with Gasteiger partial charge in [-0.1, -0.05) is 18.6 Å². The minimum absolute atomic E-state index is 0.00814. The molecule has 1 amide bonds. The molecule has 0 aliphatic heterocycles. The average Bonchev–Trinajstić information content (AvgIpc) is 2.85. The molecule has 1 aromatic rings. The Hall–Kier alpha value is -1.55. The number of carbonyl (C=O) groups excluding carboxylic acids is 1. The number of amides is 1. The van der Waals surface area contributed by atoms with Crippen molar-refractivity contribution < 1.29 is 9.53 Å². The molecule has 0 aromatic heterocycles. The molecule has 2 unspecified atom stereocenters. The number of methoxy groups -OCH3 is 1. The van der Waals surface area contributed by atoms with E-state index in [4.69, 9.17) is 10.5 Å². The number of hydrogen-bond acceptors (Lipinski definition) is 3. The highest BCUT2D eigenvalue weighted by Crippen LogP contribution is 2.25. The highest BCUT2D eigenvalue weighted by atomic mass is 16.5. The van der Waals surface area contributed by atoms with E-state index in [1.54, 1.807) is 7.11 Å². The minimum atomic E-state index is -0.0271. The fraction of sp³-hybridized carbons (Fsp3) is 0.533. The van der Waals surface area contributed by atoms with E-state index in [0.29, 0.717) is 0 Å². The fourth-order valence-corrected chi connectivity index (χ4v) is 2.61. The normalized spacial score (nSPS) is 23.9. The van der Waals surface area contributed by atoms with Crippen molar-refractivity contribution in [3.05, 3.63) is 29.8 Å². The zero-order chi connectivity index (χ0) is 13.8. The molecule has 1 saturated carbocycles. The van der Waals surface area contributed by atoms with Crippen LogP contribution in [0.2, 0.25) is 0 Å². The summed E-state index contributed by atoms with van der Waals surface area (Å²) in [5.74, 6) is 0.870. The molecule has 2 rings (SSSR count). The molecule has 1 fully saturated rings. The molecule has 1 aliphatic rings. The second-order valence-electron chi connectivity index (χ2n) is 5.20. The lowest BCUT2D eigenvalue weighted by Gasteiger charge is -2.20. The first-order valence-electron chi connectivity index (χ1n) is 6.81. The number of nitrogens with two attached hydrogens (primary N) is 1. The first-order valence-corrected chi connectivity index (χ1v) is 6.81. The van der Waals surface area contributed by atoms with Gasteiger partial charge in [-0.3, -0.25) is 4.79 Å². The molecule has 0 bridgehead atoms. The zero-order valence-corrected chi connectivity index (χ0v) is 11.6. The lowest BCUT2D eigenvalue weighted by molar-refractivity contribution is -0.125. The van der Waals surface area contributed by atoms with Crippen LogP contribution >= 0.6 is 0 Å². The maximum Gasteiger partial charge on any atom is 0.225 e. The third-order valence-corrected chi connectivity index (χ3v) is 3.88. The maximum absolute atomic E-state index is 12.1. The van der Waals surface area contributed by atoms with Gasteiger partial charge in [0.05, 0.1) is 19.1 Å². The zero-order valence-electron chi connectivity index (χ0n) is 11.6. The summed E-state index contributed by atoms with van der Waals surface area (Å²) in [4.78, 5) is 12.1. The molecule has 4 heteroatoms. The summed E-state index contributed by atoms with van der Waals surface area (Å²) in [5.41, 5.74) is 7.02. The van der Waals surface area contributed by atoms with Crippen LogP contribution in [-0.4, -0.2) is 19.1 Å². The van der Waals surface area contributed by atoms with Gasteiger partial charge in [-0.25, -0.2) is 0 Å². The standard InChI is InChI=1S/C15H22N2O2/c1-10(11-6-8-12(19-2)9-7-11)17-15(18)13-4-3-5-14(13)16/h6-10,13-14H,3-5,16H2,1-2H3,(H,17,18)/t10-,13?,14?/m0/s1. The SMILES string of the molecule is COc1ccc([C@H](C)NC(=O)C2CCCC2N)cc1. The van der Waals surface area contributed by atoms with Crippen LogP contribution in [0.15, 0.2) is 24.3 Å². The predicted molar refractivity (Wildman–Crippen MR) is 74.9 cm³/mol. The molecule has 19 heavy (non-hydrogen) atoms. The van der Waals surface area contributed by atoms with Gasteiger partial charge in [-0.2, -0.15) is 0 Å². The molecule has 104 valence electrons. The summed E-state index contributed by atoms with van der Waals surface area (Å²) in [7, 11) is 1.64. The summed E-state index contributed by atoms with van der Waals surface area (Å²) in [6.07, 6.45) is 2.91. The Bertz CT molecular complexity index is 430. The average molecular weight is 262 g/mol. The van der Waals surface area contributed by atoms with Crippen molar-refractivity contribution in [3.63, 3.8) is 0 Å². The van der Waals surface area contributed by atoms with Crippen molar-refractivity contribution >= 4 is 5.91 Å². The molecule has 0 radical (unpaired) electrons. The van der Waals surface area contributed by atoms with Crippen LogP contribution in [0.3, 0.4) is 0 Å². The molecular formula is C15H22N2O2. The van der Waals surface area contributed by atoms with Crippen molar-refractivity contribution in [2.45, 2.75) is 38.3 Å². The molecule has 4 nitrogen and oxygen atoms in total. The van der Waals surface area contributed by atoms with Crippen molar-refractivity contribution in [1.82, 2.24) is 5.32 Å². The van der Waals surface area contributed by atoms with Crippen LogP contribution in [0.1, 0.15) is 37.8 Å². The van der Waals surface area contributed by atoms with Gasteiger partial charge in [0, 0.05) is 6.04 Å². The van der Waals surface area contributed by atoms with Crippen molar-refractivity contribution in [1.29, 1.82) is 0 Å². The first kappa shape index (κ1) is 13.9. The third kappa shape index (κ3) is 3.26. The molecule has 3 N–H and O–H groups in total. The lowest BCUT2D eigenvalue weighted by Crippen LogP contribution is -2.39. The quantitative estimate of drug-likeness (QED) is 0.872. The van der Waals surface area contributed by atoms with Gasteiger partial charge in [0.15, 0.2) is 0 Å². The Labute approximate surface area is 114 Å². The van der Waals surface area contributed by atoms with Gasteiger partial charge in [-0.05, 0) is 37.5 Å². The Balaban J connectivity index is 1.95. The van der Waals surface area contributed by atoms with Crippen LogP contribution in [0.5, 0.6) is 5.75 Å². The van der Waals surface area contributed by atoms with E-state index in [1.807, 2.05) is 31.2 Å². The first-order chi connectivity index (χ1) is 9.11. The number of nitrogens with one attached hydrogen (secondary N) is 1. The van der Waals surface area contributed by atoms with Crippen molar-refractivity contribution in [2.75, 3.05) is 7.11 Å². The Morgan fingerprint density at radius 2 is 2.05 bits per heavy atom. The predicted octanol–water partition coefficient (Wildman–Crippen LogP) is 2.00. The van der Waals surface area contributed by atoms with Crippen LogP contribution < -0.4 is 15.8 Å². The number of ether oxygens (including phenoxy) is 1. The smallest absolute Gasteiger partial charge is 0.225 e. The highest BCUT2D eigenvalue weighted by molar-refractivity contribution is 5.80. The number of rotatable bonds is 4. The third-order valence-electron chi connectivity index (χ3n) is 3.88. The molecule has 3 atom stereocenters. The van der Waals surface area contributed by atoms with Crippen molar-refractivity contribution in [2.24, 2.45) is 11.7 Å². The van der Waals surface area contributed by atoms with E-state index in [1.165, 1.54) is 0 Å². The number of benzene rings is 1. The summed E-state index contributed by atoms with van der Waals surface area (Å²) < 4.78 is 5.12. The van der Waals surface area contributed by atoms with E-state index in [-0.39, 0.29) is 23.9 Å². The number of hydrogen-bond donors (Lipinski definition) is 2. The van der Waals surface area contributed by atoms with Crippen LogP contribution in [0.4, 0.5) is 0 Å². The lowest BCUT2D eigenvalue weighted by atomic mass is 10.0. The van der Waals surface area contributed by atoms with Gasteiger partial charge >= 0.3 is 0 Å². The topological polar surface area (TPSA) is 64.3 Å². The van der Waals surface area contributed by atoms with Crippen LogP contribution in [0, 0.1) is 5.92 Å². The Morgan fingerprint density at radius 3 is 2.58 bits per heavy atom. The second kappa shape index (κ2) is 6.06. The van der Waals surface area contributed by atoms with Gasteiger partial charge in [0.2, 0.25) is 5.91 Å². The van der Waals surface area contributed by atoms with E-state index >= 15 is 0 Å². The van der Waals surface area contributed by atoms with Crippen LogP contribution in [-0.2, 0) is 4.79 Å². The monoisotopic (exact) mass is 262 g/mol. The summed E-state index contributed by atoms with van der Waals surface area (Å²) in [6, 6.07) is 7.75. The fourth-order valence-electron chi connectivity index (χ4n) is 2.61. The van der Waals surface area contributed by atoms with Gasteiger partial charge in [0.25, 0.3) is 0 Å². The number of carbonyl (C=O) groups is 1. The summed E-state index contributed by atoms with van der Waals surface area (Å²) in [5, 5.41) is 3.05. The largest absolute Gasteiger partial charge is 0.497 e. The van der Waals surface area contributed by atoms with Crippen LogP contribution in [0.25, 0.3) is 0 Å². The van der Waals surface area contributed by atoms with Crippen molar-refractivity contribution in [3.8, 4) is 5.75 Å². The summed E-state index contributed by atoms with van der Waals surface area (Å²) in [6.45, 7) is 1.99. The molecule has 0 spiro atoms. The molecule has 0 heterocycles. The van der Waals surface area contributed by atoms with E-state index in [9.17, 15) is 4.79 Å². The van der Waals surface area contributed by atoms with E-state index < -0.39 is 0 Å². The van der Waals surface area contributed by atoms with E-state index in [0.717, 1.165) is 30.6 Å². The summed E-state index contributed by atoms with van der Waals surface area (Å²) >= 11 is 0. The minimum Gasteiger partial charge on any atom is -0.497 e. The molecule has 0 saturated heterocycles. The molecule has 1 aliphatic carbocycles. The highest BCUT2D eigenvalue weighted by Gasteiger charge is 2.30. The van der Waals surface area contributed by atoms with Gasteiger partial charge in [-0.15, -0.1) is 0 Å². The maximum atomic E-state index is 12.1.